The van der Waals surface area contributed by atoms with Crippen LogP contribution in [0.4, 0.5) is 0 Å². The molecule has 330 valence electrons. The van der Waals surface area contributed by atoms with Crippen molar-refractivity contribution in [1.29, 1.82) is 0 Å². The van der Waals surface area contributed by atoms with Gasteiger partial charge in [-0.05, 0) is 44.9 Å². The molecule has 0 saturated heterocycles. The number of carbonyl (C=O) groups is 3. The molecule has 0 aliphatic rings. The maximum Gasteiger partial charge on any atom is 0.306 e. The largest absolute Gasteiger partial charge is 0.462 e. The number of hydrogen-bond donors (Lipinski definition) is 0. The fraction of sp³-hybridized carbons (Fsp3) is 0.900. The number of carbonyl (C=O) groups excluding carboxylic acids is 3. The fourth-order valence-corrected chi connectivity index (χ4v) is 7.26. The smallest absolute Gasteiger partial charge is 0.306 e. The second kappa shape index (κ2) is 45.8. The first kappa shape index (κ1) is 54.2. The summed E-state index contributed by atoms with van der Waals surface area (Å²) >= 11 is 0. The van der Waals surface area contributed by atoms with Crippen molar-refractivity contribution in [2.24, 2.45) is 0 Å². The van der Waals surface area contributed by atoms with Gasteiger partial charge in [0.15, 0.2) is 6.10 Å². The first-order chi connectivity index (χ1) is 27.5. The molecule has 0 heterocycles. The van der Waals surface area contributed by atoms with E-state index in [0.29, 0.717) is 19.3 Å². The summed E-state index contributed by atoms with van der Waals surface area (Å²) in [6.07, 6.45) is 49.0. The lowest BCUT2D eigenvalue weighted by Gasteiger charge is -2.18. The second-order valence-electron chi connectivity index (χ2n) is 16.7. The van der Waals surface area contributed by atoms with Crippen LogP contribution in [0.3, 0.4) is 0 Å². The minimum Gasteiger partial charge on any atom is -0.462 e. The highest BCUT2D eigenvalue weighted by atomic mass is 16.6. The summed E-state index contributed by atoms with van der Waals surface area (Å²) in [7, 11) is 0. The molecule has 0 radical (unpaired) electrons. The van der Waals surface area contributed by atoms with E-state index < -0.39 is 6.10 Å². The van der Waals surface area contributed by atoms with E-state index in [2.05, 4.69) is 32.9 Å². The highest BCUT2D eigenvalue weighted by molar-refractivity contribution is 5.71. The molecule has 0 saturated carbocycles. The second-order valence-corrected chi connectivity index (χ2v) is 16.7. The van der Waals surface area contributed by atoms with Gasteiger partial charge in [0.25, 0.3) is 0 Å². The van der Waals surface area contributed by atoms with Crippen LogP contribution in [-0.4, -0.2) is 37.2 Å². The molecule has 0 aromatic heterocycles. The Balaban J connectivity index is 4.35. The van der Waals surface area contributed by atoms with E-state index >= 15 is 0 Å². The summed E-state index contributed by atoms with van der Waals surface area (Å²) in [4.78, 5) is 37.8. The Morgan fingerprint density at radius 1 is 0.339 bits per heavy atom. The Morgan fingerprint density at radius 2 is 0.589 bits per heavy atom. The Labute approximate surface area is 348 Å². The molecule has 0 amide bonds. The minimum absolute atomic E-state index is 0.0697. The molecule has 56 heavy (non-hydrogen) atoms. The fourth-order valence-electron chi connectivity index (χ4n) is 7.26. The molecule has 0 aromatic rings. The molecule has 0 fully saturated rings. The van der Waals surface area contributed by atoms with Gasteiger partial charge in [-0.15, -0.1) is 0 Å². The minimum atomic E-state index is -0.767. The summed E-state index contributed by atoms with van der Waals surface area (Å²) in [5.74, 6) is -0.874. The van der Waals surface area contributed by atoms with Crippen molar-refractivity contribution in [1.82, 2.24) is 0 Å². The van der Waals surface area contributed by atoms with E-state index in [1.807, 2.05) is 0 Å². The molecule has 1 atom stereocenters. The number of allylic oxidation sites excluding steroid dienone is 2. The topological polar surface area (TPSA) is 78.9 Å². The first-order valence-corrected chi connectivity index (χ1v) is 24.7. The summed E-state index contributed by atoms with van der Waals surface area (Å²) in [6, 6.07) is 0. The van der Waals surface area contributed by atoms with E-state index in [4.69, 9.17) is 14.2 Å². The van der Waals surface area contributed by atoms with Crippen LogP contribution in [0, 0.1) is 0 Å². The third-order valence-electron chi connectivity index (χ3n) is 11.0. The lowest BCUT2D eigenvalue weighted by atomic mass is 10.0. The van der Waals surface area contributed by atoms with Gasteiger partial charge in [0.05, 0.1) is 0 Å². The van der Waals surface area contributed by atoms with Gasteiger partial charge >= 0.3 is 17.9 Å². The van der Waals surface area contributed by atoms with Crippen molar-refractivity contribution in [3.63, 3.8) is 0 Å². The zero-order valence-corrected chi connectivity index (χ0v) is 37.7. The van der Waals surface area contributed by atoms with E-state index in [1.165, 1.54) is 167 Å². The molecular formula is C50H94O6. The lowest BCUT2D eigenvalue weighted by Crippen LogP contribution is -2.30. The summed E-state index contributed by atoms with van der Waals surface area (Å²) < 4.78 is 16.7. The highest BCUT2D eigenvalue weighted by Gasteiger charge is 2.19. The molecule has 0 N–H and O–H groups in total. The van der Waals surface area contributed by atoms with Crippen LogP contribution in [0.25, 0.3) is 0 Å². The maximum absolute atomic E-state index is 12.7. The van der Waals surface area contributed by atoms with Gasteiger partial charge < -0.3 is 14.2 Å². The molecule has 0 aliphatic carbocycles. The van der Waals surface area contributed by atoms with E-state index in [9.17, 15) is 14.4 Å². The van der Waals surface area contributed by atoms with Crippen LogP contribution in [0.15, 0.2) is 12.2 Å². The van der Waals surface area contributed by atoms with Crippen molar-refractivity contribution >= 4 is 17.9 Å². The van der Waals surface area contributed by atoms with Crippen LogP contribution in [-0.2, 0) is 28.6 Å². The molecule has 1 unspecified atom stereocenters. The lowest BCUT2D eigenvalue weighted by molar-refractivity contribution is -0.167. The number of rotatable bonds is 45. The van der Waals surface area contributed by atoms with Crippen molar-refractivity contribution in [3.05, 3.63) is 12.2 Å². The number of ether oxygens (including phenoxy) is 3. The summed E-state index contributed by atoms with van der Waals surface area (Å²) in [5.41, 5.74) is 0. The van der Waals surface area contributed by atoms with E-state index in [0.717, 1.165) is 64.2 Å². The quantitative estimate of drug-likeness (QED) is 0.0264. The monoisotopic (exact) mass is 791 g/mol. The Kier molecular flexibility index (Phi) is 44.3. The molecule has 0 aromatic carbocycles. The number of hydrogen-bond acceptors (Lipinski definition) is 6. The molecule has 0 aliphatic heterocycles. The summed E-state index contributed by atoms with van der Waals surface area (Å²) in [5, 5.41) is 0. The van der Waals surface area contributed by atoms with Crippen LogP contribution in [0.1, 0.15) is 271 Å². The van der Waals surface area contributed by atoms with Crippen molar-refractivity contribution < 1.29 is 28.6 Å². The Morgan fingerprint density at radius 3 is 0.911 bits per heavy atom. The molecule has 0 spiro atoms. The zero-order valence-electron chi connectivity index (χ0n) is 37.7. The first-order valence-electron chi connectivity index (χ1n) is 24.7. The van der Waals surface area contributed by atoms with Gasteiger partial charge in [0.1, 0.15) is 13.2 Å². The van der Waals surface area contributed by atoms with Crippen LogP contribution in [0.2, 0.25) is 0 Å². The SMILES string of the molecule is CCCCCCCCC/C=C\CCCCCC(=O)OCC(COC(=O)CCCCCCCCCCCCCC)OC(=O)CCCCCCCCCCCCCC. The maximum atomic E-state index is 12.7. The van der Waals surface area contributed by atoms with E-state index in [-0.39, 0.29) is 31.1 Å². The van der Waals surface area contributed by atoms with Gasteiger partial charge in [-0.3, -0.25) is 14.4 Å². The van der Waals surface area contributed by atoms with Crippen LogP contribution < -0.4 is 0 Å². The average Bonchev–Trinajstić information content (AvgIpc) is 3.19. The molecule has 6 nitrogen and oxygen atoms in total. The normalized spacial score (nSPS) is 12.0. The standard InChI is InChI=1S/C50H94O6/c1-4-7-10-13-16-19-22-25-26-29-31-34-37-40-43-49(52)55-46-47(56-50(53)44-41-38-35-32-28-24-21-18-15-12-9-6-3)45-54-48(51)42-39-36-33-30-27-23-20-17-14-11-8-5-2/h26,29,47H,4-25,27-28,30-46H2,1-3H3/b29-26-. The van der Waals surface area contributed by atoms with Gasteiger partial charge in [-0.2, -0.15) is 0 Å². The molecule has 6 heteroatoms. The Hall–Kier alpha value is -1.85. The van der Waals surface area contributed by atoms with Crippen LogP contribution in [0.5, 0.6) is 0 Å². The Bertz CT molecular complexity index is 870. The average molecular weight is 791 g/mol. The third kappa shape index (κ3) is 43.3. The summed E-state index contributed by atoms with van der Waals surface area (Å²) in [6.45, 7) is 6.64. The number of unbranched alkanes of at least 4 members (excludes halogenated alkanes) is 32. The predicted molar refractivity (Wildman–Crippen MR) is 238 cm³/mol. The molecular weight excluding hydrogens is 697 g/mol. The van der Waals surface area contributed by atoms with Gasteiger partial charge in [-0.1, -0.05) is 219 Å². The third-order valence-corrected chi connectivity index (χ3v) is 11.0. The van der Waals surface area contributed by atoms with E-state index in [1.54, 1.807) is 0 Å². The van der Waals surface area contributed by atoms with Crippen molar-refractivity contribution in [3.8, 4) is 0 Å². The zero-order chi connectivity index (χ0) is 40.8. The van der Waals surface area contributed by atoms with Crippen LogP contribution >= 0.6 is 0 Å². The van der Waals surface area contributed by atoms with Crippen molar-refractivity contribution in [2.45, 2.75) is 277 Å². The van der Waals surface area contributed by atoms with Crippen molar-refractivity contribution in [2.75, 3.05) is 13.2 Å². The predicted octanol–water partition coefficient (Wildman–Crippen LogP) is 15.8. The van der Waals surface area contributed by atoms with Gasteiger partial charge in [0, 0.05) is 19.3 Å². The van der Waals surface area contributed by atoms with Gasteiger partial charge in [0.2, 0.25) is 0 Å². The molecule has 0 rings (SSSR count). The number of esters is 3. The highest BCUT2D eigenvalue weighted by Crippen LogP contribution is 2.15. The molecule has 0 bridgehead atoms. The van der Waals surface area contributed by atoms with Gasteiger partial charge in [-0.25, -0.2) is 0 Å².